The molecular weight excluding hydrogens is 504 g/mol. The maximum absolute atomic E-state index is 13.8. The third-order valence-corrected chi connectivity index (χ3v) is 11.3. The summed E-state index contributed by atoms with van der Waals surface area (Å²) in [5.74, 6) is 2.07. The number of rotatable bonds is 14. The molecule has 0 spiro atoms. The van der Waals surface area contributed by atoms with E-state index in [1.807, 2.05) is 0 Å². The monoisotopic (exact) mass is 564 g/mol. The van der Waals surface area contributed by atoms with Crippen molar-refractivity contribution in [1.29, 1.82) is 0 Å². The second-order valence-electron chi connectivity index (χ2n) is 14.6. The first-order valence-corrected chi connectivity index (χ1v) is 16.4. The smallest absolute Gasteiger partial charge is 0.240 e. The Hall–Kier alpha value is -0.770. The van der Waals surface area contributed by atoms with Gasteiger partial charge in [0.25, 0.3) is 0 Å². The van der Waals surface area contributed by atoms with Crippen LogP contribution in [0, 0.1) is 35.0 Å². The number of hydrogen-bond donors (Lipinski definition) is 3. The molecule has 3 N–H and O–H groups in total. The zero-order valence-corrected chi connectivity index (χ0v) is 26.4. The number of aliphatic hydroxyl groups is 2. The van der Waals surface area contributed by atoms with Crippen molar-refractivity contribution in [2.75, 3.05) is 53.4 Å². The van der Waals surface area contributed by atoms with Gasteiger partial charge in [0, 0.05) is 38.1 Å². The van der Waals surface area contributed by atoms with Crippen LogP contribution in [0.3, 0.4) is 0 Å². The van der Waals surface area contributed by atoms with Crippen LogP contribution in [0.25, 0.3) is 0 Å². The highest BCUT2D eigenvalue weighted by atomic mass is 16.7. The summed E-state index contributed by atoms with van der Waals surface area (Å²) in [5.41, 5.74) is 0.366. The molecule has 0 radical (unpaired) electrons. The second kappa shape index (κ2) is 14.1. The number of carbonyl (C=O) groups is 1. The molecule has 8 atom stereocenters. The number of carbonyl (C=O) groups excluding carboxylic acids is 1. The van der Waals surface area contributed by atoms with E-state index in [0.29, 0.717) is 29.7 Å². The van der Waals surface area contributed by atoms with E-state index in [4.69, 9.17) is 4.84 Å². The number of fused-ring (bicyclic) bond motifs is 2. The molecule has 5 aliphatic rings. The van der Waals surface area contributed by atoms with Crippen LogP contribution in [0.2, 0.25) is 0 Å². The molecule has 8 heteroatoms. The van der Waals surface area contributed by atoms with Gasteiger partial charge in [-0.15, -0.1) is 0 Å². The number of aliphatic hydroxyl groups excluding tert-OH is 2. The van der Waals surface area contributed by atoms with Crippen molar-refractivity contribution in [3.05, 3.63) is 0 Å². The zero-order chi connectivity index (χ0) is 29.0. The zero-order valence-electron chi connectivity index (χ0n) is 26.4. The molecule has 4 saturated carbocycles. The number of nitrogens with zero attached hydrogens (tertiary/aromatic N) is 3. The standard InChI is InChI=1S/C32H60N4O4/c1-22-26-18-25(32(26,3)4)19-27(22)33-31(39)30-29(23(2)38)28(21-37)40-36(30)15-11-10-14-35(17-16-34(5)6)20-24-12-8-7-9-13-24/h22-30,37-38H,7-21H2,1-6H3,(H,33,39)/t22-,23-,25+,26-,27-,28-,29?,30-/m0/s1. The number of likely N-dealkylation sites (N-methyl/N-ethyl adjacent to an activating group) is 1. The van der Waals surface area contributed by atoms with Crippen LogP contribution in [-0.2, 0) is 9.63 Å². The molecule has 1 unspecified atom stereocenters. The van der Waals surface area contributed by atoms with E-state index in [2.05, 4.69) is 50.0 Å². The fraction of sp³-hybridized carbons (Fsp3) is 0.969. The number of amides is 1. The molecule has 8 nitrogen and oxygen atoms in total. The molecule has 0 aromatic rings. The first-order chi connectivity index (χ1) is 19.0. The van der Waals surface area contributed by atoms with E-state index in [-0.39, 0.29) is 18.6 Å². The Kier molecular flexibility index (Phi) is 11.4. The van der Waals surface area contributed by atoms with Gasteiger partial charge in [0.2, 0.25) is 5.91 Å². The molecular formula is C32H60N4O4. The van der Waals surface area contributed by atoms with Crippen molar-refractivity contribution in [2.45, 2.75) is 110 Å². The lowest BCUT2D eigenvalue weighted by Crippen LogP contribution is -2.62. The third kappa shape index (κ3) is 7.41. The number of hydroxylamine groups is 2. The second-order valence-corrected chi connectivity index (χ2v) is 14.6. The average molecular weight is 565 g/mol. The van der Waals surface area contributed by atoms with E-state index in [1.165, 1.54) is 45.1 Å². The summed E-state index contributed by atoms with van der Waals surface area (Å²) in [6, 6.07) is -0.415. The van der Waals surface area contributed by atoms with Crippen molar-refractivity contribution < 1.29 is 19.8 Å². The highest BCUT2D eigenvalue weighted by Gasteiger charge is 2.57. The van der Waals surface area contributed by atoms with Crippen LogP contribution in [0.15, 0.2) is 0 Å². The summed E-state index contributed by atoms with van der Waals surface area (Å²) in [5, 5.41) is 25.9. The summed E-state index contributed by atoms with van der Waals surface area (Å²) in [7, 11) is 4.28. The van der Waals surface area contributed by atoms with Crippen LogP contribution in [0.5, 0.6) is 0 Å². The summed E-state index contributed by atoms with van der Waals surface area (Å²) in [6.45, 7) is 13.6. The predicted molar refractivity (Wildman–Crippen MR) is 160 cm³/mol. The lowest BCUT2D eigenvalue weighted by molar-refractivity contribution is -0.178. The first kappa shape index (κ1) is 32.2. The minimum atomic E-state index is -0.744. The quantitative estimate of drug-likeness (QED) is 0.279. The van der Waals surface area contributed by atoms with Crippen LogP contribution in [0.1, 0.15) is 85.5 Å². The molecule has 40 heavy (non-hydrogen) atoms. The van der Waals surface area contributed by atoms with Gasteiger partial charge in [0.15, 0.2) is 0 Å². The highest BCUT2D eigenvalue weighted by molar-refractivity contribution is 5.82. The van der Waals surface area contributed by atoms with Crippen LogP contribution < -0.4 is 5.32 Å². The number of nitrogens with one attached hydrogen (secondary N) is 1. The molecule has 1 aliphatic heterocycles. The third-order valence-electron chi connectivity index (χ3n) is 11.3. The Balaban J connectivity index is 1.33. The van der Waals surface area contributed by atoms with Crippen LogP contribution in [-0.4, -0.2) is 109 Å². The SMILES string of the molecule is C[C@@H]1[C@@H](NC(=O)[C@@H]2C([C@H](C)O)[C@H](CO)ON2CCCCN(CCN(C)C)CC2CCCCC2)C[C@H]2C[C@@H]1C2(C)C. The number of hydrogen-bond acceptors (Lipinski definition) is 7. The Bertz CT molecular complexity index is 802. The maximum atomic E-state index is 13.8. The Morgan fingerprint density at radius 1 is 1.10 bits per heavy atom. The summed E-state index contributed by atoms with van der Waals surface area (Å²) in [6.07, 6.45) is 9.79. The van der Waals surface area contributed by atoms with Gasteiger partial charge in [-0.2, -0.15) is 5.06 Å². The van der Waals surface area contributed by atoms with E-state index >= 15 is 0 Å². The molecule has 0 aromatic carbocycles. The molecule has 5 fully saturated rings. The largest absolute Gasteiger partial charge is 0.394 e. The molecule has 1 amide bonds. The normalized spacial score (nSPS) is 35.2. The van der Waals surface area contributed by atoms with Crippen LogP contribution >= 0.6 is 0 Å². The van der Waals surface area contributed by atoms with Crippen molar-refractivity contribution in [1.82, 2.24) is 20.2 Å². The van der Waals surface area contributed by atoms with E-state index < -0.39 is 24.2 Å². The van der Waals surface area contributed by atoms with Gasteiger partial charge in [0.1, 0.15) is 12.1 Å². The van der Waals surface area contributed by atoms with Crippen molar-refractivity contribution >= 4 is 5.91 Å². The van der Waals surface area contributed by atoms with Gasteiger partial charge in [-0.05, 0) is 95.2 Å². The molecule has 5 rings (SSSR count). The van der Waals surface area contributed by atoms with Gasteiger partial charge in [-0.3, -0.25) is 9.63 Å². The predicted octanol–water partition coefficient (Wildman–Crippen LogP) is 3.37. The topological polar surface area (TPSA) is 88.5 Å². The summed E-state index contributed by atoms with van der Waals surface area (Å²) < 4.78 is 0. The molecule has 0 aromatic heterocycles. The van der Waals surface area contributed by atoms with E-state index in [9.17, 15) is 15.0 Å². The molecule has 4 aliphatic carbocycles. The highest BCUT2D eigenvalue weighted by Crippen LogP contribution is 2.61. The van der Waals surface area contributed by atoms with E-state index in [1.54, 1.807) is 12.0 Å². The Morgan fingerprint density at radius 2 is 1.82 bits per heavy atom. The Morgan fingerprint density at radius 3 is 2.42 bits per heavy atom. The Labute approximate surface area is 244 Å². The van der Waals surface area contributed by atoms with Crippen molar-refractivity contribution in [2.24, 2.45) is 35.0 Å². The summed E-state index contributed by atoms with van der Waals surface area (Å²) >= 11 is 0. The minimum Gasteiger partial charge on any atom is -0.394 e. The van der Waals surface area contributed by atoms with Gasteiger partial charge < -0.3 is 25.3 Å². The lowest BCUT2D eigenvalue weighted by Gasteiger charge is -2.62. The average Bonchev–Trinajstić information content (AvgIpc) is 3.30. The van der Waals surface area contributed by atoms with Crippen molar-refractivity contribution in [3.8, 4) is 0 Å². The molecule has 1 saturated heterocycles. The van der Waals surface area contributed by atoms with Gasteiger partial charge in [0.05, 0.1) is 12.7 Å². The fourth-order valence-electron chi connectivity index (χ4n) is 8.51. The van der Waals surface area contributed by atoms with Crippen molar-refractivity contribution in [3.63, 3.8) is 0 Å². The molecule has 232 valence electrons. The molecule has 2 bridgehead atoms. The van der Waals surface area contributed by atoms with E-state index in [0.717, 1.165) is 44.8 Å². The lowest BCUT2D eigenvalue weighted by atomic mass is 9.45. The summed E-state index contributed by atoms with van der Waals surface area (Å²) in [4.78, 5) is 24.8. The molecule has 1 heterocycles. The van der Waals surface area contributed by atoms with Gasteiger partial charge in [-0.25, -0.2) is 0 Å². The minimum absolute atomic E-state index is 0.0530. The van der Waals surface area contributed by atoms with Gasteiger partial charge in [-0.1, -0.05) is 40.0 Å². The number of unbranched alkanes of at least 4 members (excludes halogenated alkanes) is 1. The first-order valence-electron chi connectivity index (χ1n) is 16.4. The maximum Gasteiger partial charge on any atom is 0.240 e. The fourth-order valence-corrected chi connectivity index (χ4v) is 8.51. The van der Waals surface area contributed by atoms with Crippen LogP contribution in [0.4, 0.5) is 0 Å². The van der Waals surface area contributed by atoms with Gasteiger partial charge >= 0.3 is 0 Å².